The van der Waals surface area contributed by atoms with Gasteiger partial charge in [0.25, 0.3) is 0 Å². The Balaban J connectivity index is 2.20. The topological polar surface area (TPSA) is 50.7 Å². The van der Waals surface area contributed by atoms with E-state index in [1.165, 1.54) is 0 Å². The summed E-state index contributed by atoms with van der Waals surface area (Å²) in [6, 6.07) is 4.13. The summed E-state index contributed by atoms with van der Waals surface area (Å²) in [6.07, 6.45) is 1.77. The predicted octanol–water partition coefficient (Wildman–Crippen LogP) is 3.03. The van der Waals surface area contributed by atoms with Gasteiger partial charge >= 0.3 is 0 Å². The Labute approximate surface area is 113 Å². The zero-order valence-electron chi connectivity index (χ0n) is 9.64. The standard InChI is InChI=1S/C11H13BrN4S/c1-3-13-7(2)10-15-16-11(17-10)9-5-4-8(12)6-14-9/h4-7,13H,3H2,1-2H3. The highest BCUT2D eigenvalue weighted by molar-refractivity contribution is 9.10. The van der Waals surface area contributed by atoms with Gasteiger partial charge in [0, 0.05) is 10.7 Å². The van der Waals surface area contributed by atoms with Gasteiger partial charge in [0.15, 0.2) is 5.01 Å². The average molecular weight is 313 g/mol. The SMILES string of the molecule is CCNC(C)c1nnc(-c2ccc(Br)cn2)s1. The largest absolute Gasteiger partial charge is 0.308 e. The lowest BCUT2D eigenvalue weighted by atomic mass is 10.3. The van der Waals surface area contributed by atoms with E-state index >= 15 is 0 Å². The first kappa shape index (κ1) is 12.6. The van der Waals surface area contributed by atoms with Crippen molar-refractivity contribution in [3.8, 4) is 10.7 Å². The normalized spacial score (nSPS) is 12.6. The van der Waals surface area contributed by atoms with Crippen LogP contribution in [0, 0.1) is 0 Å². The van der Waals surface area contributed by atoms with Crippen molar-refractivity contribution in [1.82, 2.24) is 20.5 Å². The van der Waals surface area contributed by atoms with Crippen LogP contribution < -0.4 is 5.32 Å². The molecule has 0 fully saturated rings. The highest BCUT2D eigenvalue weighted by Crippen LogP contribution is 2.25. The van der Waals surface area contributed by atoms with Gasteiger partial charge in [0.2, 0.25) is 0 Å². The van der Waals surface area contributed by atoms with Crippen molar-refractivity contribution in [2.75, 3.05) is 6.54 Å². The van der Waals surface area contributed by atoms with Gasteiger partial charge in [-0.15, -0.1) is 10.2 Å². The van der Waals surface area contributed by atoms with Gasteiger partial charge in [-0.05, 0) is 41.5 Å². The molecule has 2 aromatic rings. The Hall–Kier alpha value is -0.850. The third kappa shape index (κ3) is 3.08. The third-order valence-corrected chi connectivity index (χ3v) is 3.87. The molecule has 0 aliphatic rings. The maximum absolute atomic E-state index is 4.31. The molecule has 0 spiro atoms. The first-order chi connectivity index (χ1) is 8.20. The smallest absolute Gasteiger partial charge is 0.166 e. The quantitative estimate of drug-likeness (QED) is 0.942. The Morgan fingerprint density at radius 2 is 2.24 bits per heavy atom. The maximum Gasteiger partial charge on any atom is 0.166 e. The minimum atomic E-state index is 0.238. The lowest BCUT2D eigenvalue weighted by Gasteiger charge is -2.06. The summed E-state index contributed by atoms with van der Waals surface area (Å²) < 4.78 is 0.965. The fourth-order valence-electron chi connectivity index (χ4n) is 1.41. The van der Waals surface area contributed by atoms with E-state index in [1.54, 1.807) is 17.5 Å². The monoisotopic (exact) mass is 312 g/mol. The van der Waals surface area contributed by atoms with Gasteiger partial charge < -0.3 is 5.32 Å². The number of hydrogen-bond donors (Lipinski definition) is 1. The summed E-state index contributed by atoms with van der Waals surface area (Å²) in [5.74, 6) is 0. The molecule has 0 saturated carbocycles. The predicted molar refractivity (Wildman–Crippen MR) is 72.9 cm³/mol. The lowest BCUT2D eigenvalue weighted by Crippen LogP contribution is -2.17. The molecule has 0 saturated heterocycles. The number of pyridine rings is 1. The molecule has 17 heavy (non-hydrogen) atoms. The van der Waals surface area contributed by atoms with Crippen LogP contribution in [0.15, 0.2) is 22.8 Å². The van der Waals surface area contributed by atoms with E-state index in [1.807, 2.05) is 12.1 Å². The minimum absolute atomic E-state index is 0.238. The van der Waals surface area contributed by atoms with Crippen molar-refractivity contribution in [2.45, 2.75) is 19.9 Å². The van der Waals surface area contributed by atoms with Crippen LogP contribution in [0.25, 0.3) is 10.7 Å². The van der Waals surface area contributed by atoms with Crippen molar-refractivity contribution in [1.29, 1.82) is 0 Å². The van der Waals surface area contributed by atoms with E-state index < -0.39 is 0 Å². The number of hydrogen-bond acceptors (Lipinski definition) is 5. The second kappa shape index (κ2) is 5.66. The molecule has 90 valence electrons. The molecule has 0 aliphatic carbocycles. The second-order valence-corrected chi connectivity index (χ2v) is 5.51. The average Bonchev–Trinajstić information content (AvgIpc) is 2.80. The Morgan fingerprint density at radius 3 is 2.88 bits per heavy atom. The van der Waals surface area contributed by atoms with Crippen LogP contribution >= 0.6 is 27.3 Å². The van der Waals surface area contributed by atoms with Gasteiger partial charge in [0.05, 0.1) is 6.04 Å². The Kier molecular flexibility index (Phi) is 4.20. The van der Waals surface area contributed by atoms with E-state index in [-0.39, 0.29) is 6.04 Å². The van der Waals surface area contributed by atoms with Crippen molar-refractivity contribution < 1.29 is 0 Å². The molecule has 0 amide bonds. The molecule has 0 bridgehead atoms. The van der Waals surface area contributed by atoms with Crippen molar-refractivity contribution in [2.24, 2.45) is 0 Å². The van der Waals surface area contributed by atoms with Crippen LogP contribution in [0.3, 0.4) is 0 Å². The lowest BCUT2D eigenvalue weighted by molar-refractivity contribution is 0.590. The van der Waals surface area contributed by atoms with E-state index in [0.717, 1.165) is 26.7 Å². The fraction of sp³-hybridized carbons (Fsp3) is 0.364. The van der Waals surface area contributed by atoms with Crippen molar-refractivity contribution >= 4 is 27.3 Å². The molecular formula is C11H13BrN4S. The summed E-state index contributed by atoms with van der Waals surface area (Å²) in [5.41, 5.74) is 0.862. The first-order valence-corrected chi connectivity index (χ1v) is 7.00. The molecule has 6 heteroatoms. The molecule has 2 heterocycles. The molecule has 1 atom stereocenters. The van der Waals surface area contributed by atoms with Gasteiger partial charge in [0.1, 0.15) is 10.7 Å². The number of nitrogens with zero attached hydrogens (tertiary/aromatic N) is 3. The number of aromatic nitrogens is 3. The summed E-state index contributed by atoms with van der Waals surface area (Å²) >= 11 is 4.94. The first-order valence-electron chi connectivity index (χ1n) is 5.39. The number of halogens is 1. The minimum Gasteiger partial charge on any atom is -0.308 e. The molecule has 0 radical (unpaired) electrons. The van der Waals surface area contributed by atoms with Gasteiger partial charge in [-0.25, -0.2) is 0 Å². The van der Waals surface area contributed by atoms with Crippen LogP contribution in [-0.4, -0.2) is 21.7 Å². The Bertz CT molecular complexity index is 482. The molecule has 1 unspecified atom stereocenters. The zero-order chi connectivity index (χ0) is 12.3. The van der Waals surface area contributed by atoms with Crippen molar-refractivity contribution in [3.63, 3.8) is 0 Å². The van der Waals surface area contributed by atoms with Crippen LogP contribution in [0.5, 0.6) is 0 Å². The third-order valence-electron chi connectivity index (χ3n) is 2.27. The van der Waals surface area contributed by atoms with E-state index in [4.69, 9.17) is 0 Å². The summed E-state index contributed by atoms with van der Waals surface area (Å²) in [4.78, 5) is 4.31. The van der Waals surface area contributed by atoms with Crippen LogP contribution in [0.1, 0.15) is 24.9 Å². The molecule has 2 aromatic heterocycles. The highest BCUT2D eigenvalue weighted by Gasteiger charge is 2.12. The Morgan fingerprint density at radius 1 is 1.41 bits per heavy atom. The van der Waals surface area contributed by atoms with E-state index in [9.17, 15) is 0 Å². The van der Waals surface area contributed by atoms with Gasteiger partial charge in [-0.3, -0.25) is 4.98 Å². The van der Waals surface area contributed by atoms with Crippen molar-refractivity contribution in [3.05, 3.63) is 27.8 Å². The summed E-state index contributed by atoms with van der Waals surface area (Å²) in [5, 5.41) is 13.5. The molecule has 0 aromatic carbocycles. The number of rotatable bonds is 4. The van der Waals surface area contributed by atoms with Crippen LogP contribution in [-0.2, 0) is 0 Å². The summed E-state index contributed by atoms with van der Waals surface area (Å²) in [7, 11) is 0. The molecule has 2 rings (SSSR count). The zero-order valence-corrected chi connectivity index (χ0v) is 12.0. The van der Waals surface area contributed by atoms with Gasteiger partial charge in [-0.2, -0.15) is 0 Å². The van der Waals surface area contributed by atoms with Gasteiger partial charge in [-0.1, -0.05) is 18.3 Å². The fourth-order valence-corrected chi connectivity index (χ4v) is 2.49. The maximum atomic E-state index is 4.31. The van der Waals surface area contributed by atoms with Crippen LogP contribution in [0.2, 0.25) is 0 Å². The second-order valence-electron chi connectivity index (χ2n) is 3.59. The highest BCUT2D eigenvalue weighted by atomic mass is 79.9. The molecule has 1 N–H and O–H groups in total. The summed E-state index contributed by atoms with van der Waals surface area (Å²) in [6.45, 7) is 5.09. The molecule has 0 aliphatic heterocycles. The van der Waals surface area contributed by atoms with E-state index in [2.05, 4.69) is 50.3 Å². The number of nitrogens with one attached hydrogen (secondary N) is 1. The molecule has 4 nitrogen and oxygen atoms in total. The van der Waals surface area contributed by atoms with E-state index in [0.29, 0.717) is 0 Å². The van der Waals surface area contributed by atoms with Crippen LogP contribution in [0.4, 0.5) is 0 Å². The molecular weight excluding hydrogens is 300 g/mol.